The third-order valence-corrected chi connectivity index (χ3v) is 4.37. The Kier molecular flexibility index (Phi) is 5.76. The Labute approximate surface area is 134 Å². The van der Waals surface area contributed by atoms with Gasteiger partial charge in [-0.25, -0.2) is 4.39 Å². The van der Waals surface area contributed by atoms with Gasteiger partial charge in [0.2, 0.25) is 0 Å². The maximum atomic E-state index is 13.8. The molecule has 0 fully saturated rings. The van der Waals surface area contributed by atoms with Crippen LogP contribution >= 0.6 is 15.9 Å². The number of rotatable bonds is 6. The van der Waals surface area contributed by atoms with E-state index >= 15 is 0 Å². The van der Waals surface area contributed by atoms with Crippen molar-refractivity contribution in [2.75, 3.05) is 25.5 Å². The fourth-order valence-corrected chi connectivity index (χ4v) is 2.98. The van der Waals surface area contributed by atoms with Crippen LogP contribution in [0.3, 0.4) is 0 Å². The van der Waals surface area contributed by atoms with Crippen molar-refractivity contribution in [3.63, 3.8) is 0 Å². The molecule has 0 aliphatic rings. The van der Waals surface area contributed by atoms with Crippen LogP contribution in [-0.4, -0.2) is 20.6 Å². The average molecular weight is 351 g/mol. The largest absolute Gasteiger partial charge is 0.372 e. The Balaban J connectivity index is 2.04. The number of halogens is 2. The van der Waals surface area contributed by atoms with E-state index in [4.69, 9.17) is 0 Å². The minimum absolute atomic E-state index is 0.179. The molecule has 1 N–H and O–H groups in total. The van der Waals surface area contributed by atoms with Crippen molar-refractivity contribution in [3.05, 3.63) is 64.4 Å². The van der Waals surface area contributed by atoms with Crippen LogP contribution in [0.1, 0.15) is 18.0 Å². The van der Waals surface area contributed by atoms with E-state index in [0.29, 0.717) is 5.69 Å². The summed E-state index contributed by atoms with van der Waals surface area (Å²) in [5.41, 5.74) is 1.86. The zero-order chi connectivity index (χ0) is 15.2. The lowest BCUT2D eigenvalue weighted by Crippen LogP contribution is -2.26. The monoisotopic (exact) mass is 350 g/mol. The second-order valence-corrected chi connectivity index (χ2v) is 5.88. The van der Waals surface area contributed by atoms with Gasteiger partial charge >= 0.3 is 0 Å². The van der Waals surface area contributed by atoms with Gasteiger partial charge in [0, 0.05) is 24.1 Å². The van der Waals surface area contributed by atoms with Crippen LogP contribution in [-0.2, 0) is 0 Å². The van der Waals surface area contributed by atoms with Gasteiger partial charge in [0.05, 0.1) is 5.69 Å². The van der Waals surface area contributed by atoms with Crippen molar-refractivity contribution in [3.8, 4) is 0 Å². The Bertz CT molecular complexity index is 589. The lowest BCUT2D eigenvalue weighted by atomic mass is 10.0. The zero-order valence-electron chi connectivity index (χ0n) is 12.3. The number of hydrogen-bond donors (Lipinski definition) is 1. The molecule has 0 heterocycles. The highest BCUT2D eigenvalue weighted by Gasteiger charge is 2.14. The molecule has 0 saturated carbocycles. The van der Waals surface area contributed by atoms with Gasteiger partial charge in [-0.15, -0.1) is 0 Å². The first-order valence-electron chi connectivity index (χ1n) is 7.01. The molecule has 0 aromatic heterocycles. The summed E-state index contributed by atoms with van der Waals surface area (Å²) in [6.45, 7) is 0.772. The van der Waals surface area contributed by atoms with Crippen molar-refractivity contribution >= 4 is 21.6 Å². The topological polar surface area (TPSA) is 15.3 Å². The van der Waals surface area contributed by atoms with E-state index in [0.717, 1.165) is 17.4 Å². The van der Waals surface area contributed by atoms with Crippen LogP contribution in [0.2, 0.25) is 0 Å². The van der Waals surface area contributed by atoms with E-state index < -0.39 is 0 Å². The van der Waals surface area contributed by atoms with E-state index in [-0.39, 0.29) is 11.9 Å². The third kappa shape index (κ3) is 4.05. The van der Waals surface area contributed by atoms with Crippen LogP contribution in [0.5, 0.6) is 0 Å². The minimum Gasteiger partial charge on any atom is -0.372 e. The second-order valence-electron chi connectivity index (χ2n) is 5.02. The van der Waals surface area contributed by atoms with Crippen molar-refractivity contribution in [2.45, 2.75) is 12.5 Å². The first-order chi connectivity index (χ1) is 10.1. The standard InChI is InChI=1S/C17H20BrFN2/c1-20-16(13-7-3-4-8-14(13)18)11-12-21(2)17-10-6-5-9-15(17)19/h3-10,16,20H,11-12H2,1-2H3. The Morgan fingerprint density at radius 2 is 1.81 bits per heavy atom. The number of benzene rings is 2. The number of anilines is 1. The molecular formula is C17H20BrFN2. The molecule has 0 amide bonds. The molecule has 2 rings (SSSR count). The molecule has 0 radical (unpaired) electrons. The van der Waals surface area contributed by atoms with Crippen LogP contribution in [0.15, 0.2) is 53.0 Å². The molecule has 1 unspecified atom stereocenters. The molecule has 2 aromatic rings. The second kappa shape index (κ2) is 7.57. The Morgan fingerprint density at radius 3 is 2.48 bits per heavy atom. The summed E-state index contributed by atoms with van der Waals surface area (Å²) in [4.78, 5) is 1.95. The molecule has 0 spiro atoms. The van der Waals surface area contributed by atoms with Gasteiger partial charge in [-0.05, 0) is 37.2 Å². The molecular weight excluding hydrogens is 331 g/mol. The van der Waals surface area contributed by atoms with Gasteiger partial charge in [-0.3, -0.25) is 0 Å². The summed E-state index contributed by atoms with van der Waals surface area (Å²) < 4.78 is 14.9. The summed E-state index contributed by atoms with van der Waals surface area (Å²) in [7, 11) is 3.87. The number of hydrogen-bond acceptors (Lipinski definition) is 2. The van der Waals surface area contributed by atoms with Gasteiger partial charge in [0.25, 0.3) is 0 Å². The lowest BCUT2D eigenvalue weighted by molar-refractivity contribution is 0.543. The molecule has 4 heteroatoms. The Morgan fingerprint density at radius 1 is 1.14 bits per heavy atom. The number of nitrogens with zero attached hydrogens (tertiary/aromatic N) is 1. The quantitative estimate of drug-likeness (QED) is 0.831. The summed E-state index contributed by atoms with van der Waals surface area (Å²) in [5.74, 6) is -0.179. The van der Waals surface area contributed by atoms with Crippen molar-refractivity contribution in [1.82, 2.24) is 5.32 Å². The van der Waals surface area contributed by atoms with Crippen molar-refractivity contribution in [2.24, 2.45) is 0 Å². The first kappa shape index (κ1) is 16.0. The molecule has 0 aliphatic carbocycles. The van der Waals surface area contributed by atoms with Gasteiger partial charge in [-0.2, -0.15) is 0 Å². The van der Waals surface area contributed by atoms with E-state index in [1.807, 2.05) is 49.3 Å². The zero-order valence-corrected chi connectivity index (χ0v) is 13.9. The molecule has 2 nitrogen and oxygen atoms in total. The molecule has 2 aromatic carbocycles. The summed E-state index contributed by atoms with van der Waals surface area (Å²) in [6, 6.07) is 15.3. The van der Waals surface area contributed by atoms with E-state index in [2.05, 4.69) is 27.3 Å². The molecule has 112 valence electrons. The summed E-state index contributed by atoms with van der Waals surface area (Å²) in [6.07, 6.45) is 0.893. The first-order valence-corrected chi connectivity index (χ1v) is 7.80. The normalized spacial score (nSPS) is 12.2. The maximum Gasteiger partial charge on any atom is 0.146 e. The molecule has 0 bridgehead atoms. The van der Waals surface area contributed by atoms with Crippen LogP contribution in [0.4, 0.5) is 10.1 Å². The summed E-state index contributed by atoms with van der Waals surface area (Å²) in [5, 5.41) is 3.33. The van der Waals surface area contributed by atoms with E-state index in [1.54, 1.807) is 6.07 Å². The third-order valence-electron chi connectivity index (χ3n) is 3.65. The maximum absolute atomic E-state index is 13.8. The van der Waals surface area contributed by atoms with Gasteiger partial charge in [0.15, 0.2) is 0 Å². The predicted molar refractivity (Wildman–Crippen MR) is 90.2 cm³/mol. The van der Waals surface area contributed by atoms with Crippen molar-refractivity contribution in [1.29, 1.82) is 0 Å². The highest BCUT2D eigenvalue weighted by Crippen LogP contribution is 2.26. The molecule has 0 saturated heterocycles. The molecule has 0 aliphatic heterocycles. The van der Waals surface area contributed by atoms with Crippen LogP contribution < -0.4 is 10.2 Å². The van der Waals surface area contributed by atoms with E-state index in [1.165, 1.54) is 11.6 Å². The SMILES string of the molecule is CNC(CCN(C)c1ccccc1F)c1ccccc1Br. The molecule has 1 atom stereocenters. The Hall–Kier alpha value is -1.39. The smallest absolute Gasteiger partial charge is 0.146 e. The highest BCUT2D eigenvalue weighted by atomic mass is 79.9. The summed E-state index contributed by atoms with van der Waals surface area (Å²) >= 11 is 3.59. The van der Waals surface area contributed by atoms with Crippen molar-refractivity contribution < 1.29 is 4.39 Å². The lowest BCUT2D eigenvalue weighted by Gasteiger charge is -2.24. The number of para-hydroxylation sites is 1. The van der Waals surface area contributed by atoms with Gasteiger partial charge in [0.1, 0.15) is 5.82 Å². The van der Waals surface area contributed by atoms with Gasteiger partial charge < -0.3 is 10.2 Å². The highest BCUT2D eigenvalue weighted by molar-refractivity contribution is 9.10. The van der Waals surface area contributed by atoms with Crippen LogP contribution in [0.25, 0.3) is 0 Å². The fourth-order valence-electron chi connectivity index (χ4n) is 2.42. The van der Waals surface area contributed by atoms with Gasteiger partial charge in [-0.1, -0.05) is 46.3 Å². The fraction of sp³-hybridized carbons (Fsp3) is 0.294. The minimum atomic E-state index is -0.179. The average Bonchev–Trinajstić information content (AvgIpc) is 2.49. The predicted octanol–water partition coefficient (Wildman–Crippen LogP) is 4.38. The molecule has 21 heavy (non-hydrogen) atoms. The number of nitrogens with one attached hydrogen (secondary N) is 1. The van der Waals surface area contributed by atoms with E-state index in [9.17, 15) is 4.39 Å². The van der Waals surface area contributed by atoms with Crippen LogP contribution in [0, 0.1) is 5.82 Å².